The molecule has 0 fully saturated rings. The molecule has 0 spiro atoms. The first kappa shape index (κ1) is 18.4. The summed E-state index contributed by atoms with van der Waals surface area (Å²) in [5.41, 5.74) is 1.38. The Morgan fingerprint density at radius 2 is 1.14 bits per heavy atom. The molecular weight excluding hydrogens is 284 g/mol. The third-order valence-electron chi connectivity index (χ3n) is 3.56. The zero-order valence-electron chi connectivity index (χ0n) is 13.5. The highest BCUT2D eigenvalue weighted by Gasteiger charge is 2.25. The Morgan fingerprint density at radius 3 is 1.50 bits per heavy atom. The molecule has 118 valence electrons. The van der Waals surface area contributed by atoms with Crippen molar-refractivity contribution in [2.45, 2.75) is 6.04 Å². The highest BCUT2D eigenvalue weighted by Crippen LogP contribution is 2.11. The number of nitrogens with zero attached hydrogens (tertiary/aromatic N) is 2. The van der Waals surface area contributed by atoms with Gasteiger partial charge in [-0.3, -0.25) is 0 Å². The van der Waals surface area contributed by atoms with Gasteiger partial charge in [-0.05, 0) is 11.6 Å². The normalized spacial score (nSPS) is 10.9. The molecule has 1 aromatic rings. The third kappa shape index (κ3) is 5.98. The van der Waals surface area contributed by atoms with Gasteiger partial charge >= 0.3 is 0 Å². The van der Waals surface area contributed by atoms with E-state index in [1.54, 1.807) is 0 Å². The van der Waals surface area contributed by atoms with Crippen molar-refractivity contribution in [2.24, 2.45) is 0 Å². The van der Waals surface area contributed by atoms with Gasteiger partial charge in [-0.15, -0.1) is 26.3 Å². The molecule has 0 saturated carbocycles. The van der Waals surface area contributed by atoms with Crippen LogP contribution in [-0.4, -0.2) is 44.4 Å². The molecule has 0 aliphatic carbocycles. The fraction of sp³-hybridized carbons (Fsp3) is 0.263. The molecule has 0 saturated heterocycles. The third-order valence-corrected chi connectivity index (χ3v) is 6.92. The average Bonchev–Trinajstić information content (AvgIpc) is 2.53. The maximum absolute atomic E-state index is 3.91. The van der Waals surface area contributed by atoms with Crippen LogP contribution in [0.15, 0.2) is 81.0 Å². The van der Waals surface area contributed by atoms with Gasteiger partial charge in [0.2, 0.25) is 0 Å². The molecule has 0 aromatic heterocycles. The maximum atomic E-state index is 3.91. The average molecular weight is 313 g/mol. The van der Waals surface area contributed by atoms with E-state index in [1.807, 2.05) is 24.3 Å². The van der Waals surface area contributed by atoms with Gasteiger partial charge in [-0.1, -0.05) is 54.6 Å². The second-order valence-corrected chi connectivity index (χ2v) is 8.06. The maximum Gasteiger partial charge on any atom is 0.195 e. The standard InChI is InChI=1S/C19H28N2Si/c1-5-14-20(15-6-2)22(21(16-7-3)17-8-4)18-19-12-10-9-11-13-19/h5-13,22H,1-4,14-18H2. The van der Waals surface area contributed by atoms with Crippen LogP contribution < -0.4 is 0 Å². The molecule has 2 nitrogen and oxygen atoms in total. The predicted molar refractivity (Wildman–Crippen MR) is 101 cm³/mol. The van der Waals surface area contributed by atoms with Gasteiger partial charge < -0.3 is 9.13 Å². The van der Waals surface area contributed by atoms with E-state index in [0.717, 1.165) is 32.2 Å². The van der Waals surface area contributed by atoms with Gasteiger partial charge in [0.05, 0.1) is 0 Å². The summed E-state index contributed by atoms with van der Waals surface area (Å²) >= 11 is 0. The fourth-order valence-electron chi connectivity index (χ4n) is 2.61. The van der Waals surface area contributed by atoms with Crippen molar-refractivity contribution in [1.29, 1.82) is 0 Å². The predicted octanol–water partition coefficient (Wildman–Crippen LogP) is 3.34. The van der Waals surface area contributed by atoms with Crippen molar-refractivity contribution in [3.05, 3.63) is 86.5 Å². The Labute approximate surface area is 137 Å². The molecule has 0 aliphatic heterocycles. The largest absolute Gasteiger partial charge is 0.307 e. The second-order valence-electron chi connectivity index (χ2n) is 5.23. The van der Waals surface area contributed by atoms with Crippen LogP contribution in [0.5, 0.6) is 0 Å². The molecule has 0 bridgehead atoms. The Bertz CT molecular complexity index is 426. The summed E-state index contributed by atoms with van der Waals surface area (Å²) < 4.78 is 5.03. The Morgan fingerprint density at radius 1 is 0.727 bits per heavy atom. The van der Waals surface area contributed by atoms with Crippen molar-refractivity contribution in [3.8, 4) is 0 Å². The summed E-state index contributed by atoms with van der Waals surface area (Å²) in [5, 5.41) is 0. The molecule has 1 aromatic carbocycles. The minimum Gasteiger partial charge on any atom is -0.307 e. The van der Waals surface area contributed by atoms with Gasteiger partial charge in [0.1, 0.15) is 0 Å². The molecule has 1 rings (SSSR count). The van der Waals surface area contributed by atoms with Gasteiger partial charge in [0, 0.05) is 26.2 Å². The number of hydrogen-bond acceptors (Lipinski definition) is 2. The highest BCUT2D eigenvalue weighted by atomic mass is 28.3. The second kappa shape index (κ2) is 11.0. The Kier molecular flexibility index (Phi) is 9.15. The van der Waals surface area contributed by atoms with E-state index >= 15 is 0 Å². The molecule has 0 atom stereocenters. The van der Waals surface area contributed by atoms with Crippen molar-refractivity contribution in [2.75, 3.05) is 26.2 Å². The lowest BCUT2D eigenvalue weighted by Crippen LogP contribution is -2.54. The fourth-order valence-corrected chi connectivity index (χ4v) is 5.85. The summed E-state index contributed by atoms with van der Waals surface area (Å²) in [6.07, 6.45) is 7.92. The van der Waals surface area contributed by atoms with Crippen LogP contribution in [0.2, 0.25) is 0 Å². The van der Waals surface area contributed by atoms with Crippen LogP contribution in [0, 0.1) is 0 Å². The first-order valence-electron chi connectivity index (χ1n) is 7.72. The summed E-state index contributed by atoms with van der Waals surface area (Å²) in [7, 11) is -1.38. The Hall–Kier alpha value is -1.68. The minimum absolute atomic E-state index is 0.889. The molecule has 0 aliphatic rings. The van der Waals surface area contributed by atoms with E-state index in [9.17, 15) is 0 Å². The summed E-state index contributed by atoms with van der Waals surface area (Å²) in [6.45, 7) is 19.2. The zero-order chi connectivity index (χ0) is 16.2. The van der Waals surface area contributed by atoms with Crippen molar-refractivity contribution in [3.63, 3.8) is 0 Å². The van der Waals surface area contributed by atoms with E-state index in [1.165, 1.54) is 5.56 Å². The first-order chi connectivity index (χ1) is 10.8. The lowest BCUT2D eigenvalue weighted by Gasteiger charge is -2.37. The molecular formula is C19H28N2Si. The van der Waals surface area contributed by atoms with E-state index in [2.05, 4.69) is 65.8 Å². The summed E-state index contributed by atoms with van der Waals surface area (Å²) in [5.74, 6) is 0. The molecule has 0 radical (unpaired) electrons. The van der Waals surface area contributed by atoms with Crippen LogP contribution in [0.25, 0.3) is 0 Å². The SMILES string of the molecule is C=CCN(CC=C)[SiH](Cc1ccccc1)N(CC=C)CC=C. The number of rotatable bonds is 12. The molecule has 3 heteroatoms. The topological polar surface area (TPSA) is 6.48 Å². The lowest BCUT2D eigenvalue weighted by molar-refractivity contribution is 0.417. The molecule has 0 heterocycles. The number of hydrogen-bond donors (Lipinski definition) is 0. The summed E-state index contributed by atoms with van der Waals surface area (Å²) in [4.78, 5) is 0. The van der Waals surface area contributed by atoms with Gasteiger partial charge in [0.15, 0.2) is 9.12 Å². The summed E-state index contributed by atoms with van der Waals surface area (Å²) in [6, 6.07) is 11.8. The van der Waals surface area contributed by atoms with Crippen LogP contribution >= 0.6 is 0 Å². The van der Waals surface area contributed by atoms with E-state index < -0.39 is 9.12 Å². The zero-order valence-corrected chi connectivity index (χ0v) is 14.7. The van der Waals surface area contributed by atoms with Crippen LogP contribution in [0.4, 0.5) is 0 Å². The van der Waals surface area contributed by atoms with Gasteiger partial charge in [-0.25, -0.2) is 0 Å². The molecule has 22 heavy (non-hydrogen) atoms. The molecule has 0 amide bonds. The smallest absolute Gasteiger partial charge is 0.195 e. The van der Waals surface area contributed by atoms with Crippen LogP contribution in [0.3, 0.4) is 0 Å². The van der Waals surface area contributed by atoms with Crippen LogP contribution in [0.1, 0.15) is 5.56 Å². The minimum atomic E-state index is -1.38. The highest BCUT2D eigenvalue weighted by molar-refractivity contribution is 6.52. The van der Waals surface area contributed by atoms with E-state index in [-0.39, 0.29) is 0 Å². The quantitative estimate of drug-likeness (QED) is 0.431. The van der Waals surface area contributed by atoms with E-state index in [0.29, 0.717) is 0 Å². The van der Waals surface area contributed by atoms with Crippen molar-refractivity contribution in [1.82, 2.24) is 9.13 Å². The monoisotopic (exact) mass is 312 g/mol. The van der Waals surface area contributed by atoms with E-state index in [4.69, 9.17) is 0 Å². The van der Waals surface area contributed by atoms with Crippen molar-refractivity contribution < 1.29 is 0 Å². The van der Waals surface area contributed by atoms with Gasteiger partial charge in [0.25, 0.3) is 0 Å². The molecule has 0 unspecified atom stereocenters. The first-order valence-corrected chi connectivity index (χ1v) is 9.57. The lowest BCUT2D eigenvalue weighted by atomic mass is 10.2. The van der Waals surface area contributed by atoms with Crippen molar-refractivity contribution >= 4 is 9.12 Å². The van der Waals surface area contributed by atoms with Gasteiger partial charge in [-0.2, -0.15) is 0 Å². The number of benzene rings is 1. The Balaban J connectivity index is 3.03. The molecule has 0 N–H and O–H groups in total. The van der Waals surface area contributed by atoms with Crippen LogP contribution in [-0.2, 0) is 6.04 Å².